The summed E-state index contributed by atoms with van der Waals surface area (Å²) >= 11 is 0. The fraction of sp³-hybridized carbons (Fsp3) is 0.353. The van der Waals surface area contributed by atoms with E-state index in [0.29, 0.717) is 12.5 Å². The smallest absolute Gasteiger partial charge is 0.251 e. The standard InChI is InChI=1S/C17H20N2O/c20-17(19-12-16-6-3-11-18-16)15-9-7-14(8-10-15)13-4-1-2-5-13/h3,6-11,13,18H,1-2,4-5,12H2,(H,19,20). The zero-order valence-corrected chi connectivity index (χ0v) is 11.6. The van der Waals surface area contributed by atoms with Gasteiger partial charge in [-0.2, -0.15) is 0 Å². The highest BCUT2D eigenvalue weighted by atomic mass is 16.1. The Morgan fingerprint density at radius 3 is 2.55 bits per heavy atom. The maximum Gasteiger partial charge on any atom is 0.251 e. The molecule has 1 heterocycles. The predicted octanol–water partition coefficient (Wildman–Crippen LogP) is 3.60. The van der Waals surface area contributed by atoms with Gasteiger partial charge >= 0.3 is 0 Å². The molecule has 1 amide bonds. The van der Waals surface area contributed by atoms with E-state index in [-0.39, 0.29) is 5.91 Å². The number of hydrogen-bond donors (Lipinski definition) is 2. The fourth-order valence-electron chi connectivity index (χ4n) is 2.92. The summed E-state index contributed by atoms with van der Waals surface area (Å²) in [5.41, 5.74) is 3.13. The highest BCUT2D eigenvalue weighted by Gasteiger charge is 2.17. The van der Waals surface area contributed by atoms with Crippen LogP contribution in [0.25, 0.3) is 0 Å². The fourth-order valence-corrected chi connectivity index (χ4v) is 2.92. The van der Waals surface area contributed by atoms with Crippen molar-refractivity contribution in [1.29, 1.82) is 0 Å². The van der Waals surface area contributed by atoms with Gasteiger partial charge in [-0.3, -0.25) is 4.79 Å². The minimum atomic E-state index is -0.0161. The molecule has 0 atom stereocenters. The summed E-state index contributed by atoms with van der Waals surface area (Å²) in [6.07, 6.45) is 7.11. The molecule has 1 saturated carbocycles. The molecule has 3 heteroatoms. The summed E-state index contributed by atoms with van der Waals surface area (Å²) in [7, 11) is 0. The Hall–Kier alpha value is -2.03. The van der Waals surface area contributed by atoms with Crippen LogP contribution in [-0.4, -0.2) is 10.9 Å². The van der Waals surface area contributed by atoms with Gasteiger partial charge in [0.15, 0.2) is 0 Å². The monoisotopic (exact) mass is 268 g/mol. The molecule has 1 aliphatic rings. The first kappa shape index (κ1) is 13.0. The third kappa shape index (κ3) is 2.93. The van der Waals surface area contributed by atoms with Crippen molar-refractivity contribution in [1.82, 2.24) is 10.3 Å². The molecule has 0 radical (unpaired) electrons. The highest BCUT2D eigenvalue weighted by molar-refractivity contribution is 5.94. The normalized spacial score (nSPS) is 15.4. The molecule has 0 aliphatic heterocycles. The summed E-state index contributed by atoms with van der Waals surface area (Å²) in [5.74, 6) is 0.684. The van der Waals surface area contributed by atoms with Gasteiger partial charge in [0.25, 0.3) is 5.91 Å². The van der Waals surface area contributed by atoms with Crippen molar-refractivity contribution < 1.29 is 4.79 Å². The Labute approximate surface area is 119 Å². The Morgan fingerprint density at radius 1 is 1.15 bits per heavy atom. The largest absolute Gasteiger partial charge is 0.364 e. The highest BCUT2D eigenvalue weighted by Crippen LogP contribution is 2.33. The van der Waals surface area contributed by atoms with E-state index in [2.05, 4.69) is 22.4 Å². The van der Waals surface area contributed by atoms with Crippen molar-refractivity contribution in [2.75, 3.05) is 0 Å². The SMILES string of the molecule is O=C(NCc1ccc[nH]1)c1ccc(C2CCCC2)cc1. The molecule has 1 fully saturated rings. The maximum absolute atomic E-state index is 12.0. The number of benzene rings is 1. The number of H-pyrrole nitrogens is 1. The number of hydrogen-bond acceptors (Lipinski definition) is 1. The van der Waals surface area contributed by atoms with Crippen LogP contribution in [0, 0.1) is 0 Å². The Kier molecular flexibility index (Phi) is 3.86. The van der Waals surface area contributed by atoms with Gasteiger partial charge in [-0.1, -0.05) is 25.0 Å². The van der Waals surface area contributed by atoms with Crippen LogP contribution < -0.4 is 5.32 Å². The second-order valence-electron chi connectivity index (χ2n) is 5.48. The molecule has 3 nitrogen and oxygen atoms in total. The van der Waals surface area contributed by atoms with Gasteiger partial charge in [-0.25, -0.2) is 0 Å². The minimum absolute atomic E-state index is 0.0161. The first-order valence-corrected chi connectivity index (χ1v) is 7.33. The summed E-state index contributed by atoms with van der Waals surface area (Å²) in [6.45, 7) is 0.538. The lowest BCUT2D eigenvalue weighted by atomic mass is 9.96. The van der Waals surface area contributed by atoms with Gasteiger partial charge in [0, 0.05) is 17.5 Å². The second kappa shape index (κ2) is 5.95. The Bertz CT molecular complexity index is 551. The second-order valence-corrected chi connectivity index (χ2v) is 5.48. The molecule has 0 unspecified atom stereocenters. The van der Waals surface area contributed by atoms with E-state index in [1.165, 1.54) is 31.2 Å². The first-order chi connectivity index (χ1) is 9.83. The number of nitrogens with one attached hydrogen (secondary N) is 2. The average molecular weight is 268 g/mol. The van der Waals surface area contributed by atoms with Crippen molar-refractivity contribution in [3.63, 3.8) is 0 Å². The van der Waals surface area contributed by atoms with Crippen LogP contribution in [0.2, 0.25) is 0 Å². The van der Waals surface area contributed by atoms with Crippen molar-refractivity contribution in [2.24, 2.45) is 0 Å². The molecule has 20 heavy (non-hydrogen) atoms. The van der Waals surface area contributed by atoms with Gasteiger partial charge in [-0.15, -0.1) is 0 Å². The number of aromatic nitrogens is 1. The van der Waals surface area contributed by atoms with Crippen molar-refractivity contribution in [3.05, 3.63) is 59.4 Å². The lowest BCUT2D eigenvalue weighted by molar-refractivity contribution is 0.0950. The Balaban J connectivity index is 1.60. The molecule has 3 rings (SSSR count). The summed E-state index contributed by atoms with van der Waals surface area (Å²) < 4.78 is 0. The summed E-state index contributed by atoms with van der Waals surface area (Å²) in [5, 5.41) is 2.92. The molecule has 2 aromatic rings. The predicted molar refractivity (Wildman–Crippen MR) is 79.6 cm³/mol. The topological polar surface area (TPSA) is 44.9 Å². The van der Waals surface area contributed by atoms with Crippen LogP contribution in [0.1, 0.15) is 53.2 Å². The molecule has 0 spiro atoms. The third-order valence-electron chi connectivity index (χ3n) is 4.10. The van der Waals surface area contributed by atoms with E-state index < -0.39 is 0 Å². The number of amides is 1. The molecule has 1 aromatic carbocycles. The lowest BCUT2D eigenvalue weighted by Gasteiger charge is -2.10. The van der Waals surface area contributed by atoms with Crippen LogP contribution >= 0.6 is 0 Å². The maximum atomic E-state index is 12.0. The van der Waals surface area contributed by atoms with E-state index in [1.54, 1.807) is 0 Å². The summed E-state index contributed by atoms with van der Waals surface area (Å²) in [4.78, 5) is 15.1. The molecular formula is C17H20N2O. The zero-order valence-electron chi connectivity index (χ0n) is 11.6. The number of rotatable bonds is 4. The molecule has 104 valence electrons. The lowest BCUT2D eigenvalue weighted by Crippen LogP contribution is -2.22. The Morgan fingerprint density at radius 2 is 1.90 bits per heavy atom. The van der Waals surface area contributed by atoms with Crippen LogP contribution in [0.4, 0.5) is 0 Å². The van der Waals surface area contributed by atoms with Crippen LogP contribution in [0.5, 0.6) is 0 Å². The average Bonchev–Trinajstić information content (AvgIpc) is 3.18. The summed E-state index contributed by atoms with van der Waals surface area (Å²) in [6, 6.07) is 12.0. The van der Waals surface area contributed by atoms with E-state index in [9.17, 15) is 4.79 Å². The van der Waals surface area contributed by atoms with Crippen molar-refractivity contribution in [2.45, 2.75) is 38.1 Å². The van der Waals surface area contributed by atoms with Crippen molar-refractivity contribution >= 4 is 5.91 Å². The quantitative estimate of drug-likeness (QED) is 0.874. The zero-order chi connectivity index (χ0) is 13.8. The third-order valence-corrected chi connectivity index (χ3v) is 4.10. The number of carbonyl (C=O) groups is 1. The van der Waals surface area contributed by atoms with Crippen LogP contribution in [0.3, 0.4) is 0 Å². The van der Waals surface area contributed by atoms with Gasteiger partial charge < -0.3 is 10.3 Å². The number of carbonyl (C=O) groups excluding carboxylic acids is 1. The van der Waals surface area contributed by atoms with Crippen LogP contribution in [-0.2, 0) is 6.54 Å². The van der Waals surface area contributed by atoms with Crippen LogP contribution in [0.15, 0.2) is 42.6 Å². The molecule has 1 aromatic heterocycles. The minimum Gasteiger partial charge on any atom is -0.364 e. The van der Waals surface area contributed by atoms with Gasteiger partial charge in [-0.05, 0) is 48.6 Å². The van der Waals surface area contributed by atoms with Gasteiger partial charge in [0.2, 0.25) is 0 Å². The molecule has 0 bridgehead atoms. The first-order valence-electron chi connectivity index (χ1n) is 7.33. The van der Waals surface area contributed by atoms with Gasteiger partial charge in [0.1, 0.15) is 0 Å². The molecule has 1 aliphatic carbocycles. The van der Waals surface area contributed by atoms with Crippen molar-refractivity contribution in [3.8, 4) is 0 Å². The molecule has 2 N–H and O–H groups in total. The van der Waals surface area contributed by atoms with Gasteiger partial charge in [0.05, 0.1) is 6.54 Å². The van der Waals surface area contributed by atoms with E-state index in [0.717, 1.165) is 11.3 Å². The number of aromatic amines is 1. The molecular weight excluding hydrogens is 248 g/mol. The van der Waals surface area contributed by atoms with E-state index in [1.807, 2.05) is 30.5 Å². The van der Waals surface area contributed by atoms with E-state index >= 15 is 0 Å². The van der Waals surface area contributed by atoms with E-state index in [4.69, 9.17) is 0 Å². The molecule has 0 saturated heterocycles.